The Balaban J connectivity index is 1.80. The molecule has 2 aromatic rings. The standard InChI is InChI=1S/C19H22N2O3S/c1-14-7-2-5-12-18(14)21-25(23,24)17-11-6-8-15(13-17)19(22)20-16-9-3-4-10-16/h2,5-8,11-13,16,21H,3-4,9-10H2,1H3,(H,20,22). The van der Waals surface area contributed by atoms with E-state index < -0.39 is 10.0 Å². The van der Waals surface area contributed by atoms with Crippen molar-refractivity contribution in [3.8, 4) is 0 Å². The number of carbonyl (C=O) groups is 1. The van der Waals surface area contributed by atoms with Crippen LogP contribution in [0, 0.1) is 6.92 Å². The first kappa shape index (κ1) is 17.5. The molecule has 25 heavy (non-hydrogen) atoms. The molecule has 0 bridgehead atoms. The molecule has 3 rings (SSSR count). The van der Waals surface area contributed by atoms with E-state index in [1.165, 1.54) is 12.1 Å². The summed E-state index contributed by atoms with van der Waals surface area (Å²) in [5.41, 5.74) is 1.73. The van der Waals surface area contributed by atoms with Crippen molar-refractivity contribution < 1.29 is 13.2 Å². The van der Waals surface area contributed by atoms with Crippen LogP contribution < -0.4 is 10.0 Å². The first-order valence-electron chi connectivity index (χ1n) is 8.45. The molecule has 0 saturated heterocycles. The second-order valence-corrected chi connectivity index (χ2v) is 8.09. The number of aryl methyl sites for hydroxylation is 1. The Morgan fingerprint density at radius 3 is 2.48 bits per heavy atom. The predicted molar refractivity (Wildman–Crippen MR) is 98.2 cm³/mol. The smallest absolute Gasteiger partial charge is 0.261 e. The predicted octanol–water partition coefficient (Wildman–Crippen LogP) is 3.47. The lowest BCUT2D eigenvalue weighted by molar-refractivity contribution is 0.0937. The zero-order valence-electron chi connectivity index (χ0n) is 14.2. The summed E-state index contributed by atoms with van der Waals surface area (Å²) in [6, 6.07) is 13.5. The number of nitrogens with one attached hydrogen (secondary N) is 2. The number of rotatable bonds is 5. The molecule has 1 saturated carbocycles. The van der Waals surface area contributed by atoms with Gasteiger partial charge >= 0.3 is 0 Å². The summed E-state index contributed by atoms with van der Waals surface area (Å²) in [5, 5.41) is 2.98. The highest BCUT2D eigenvalue weighted by molar-refractivity contribution is 7.92. The van der Waals surface area contributed by atoms with E-state index >= 15 is 0 Å². The average Bonchev–Trinajstić information content (AvgIpc) is 3.10. The highest BCUT2D eigenvalue weighted by Gasteiger charge is 2.20. The molecule has 0 aliphatic heterocycles. The van der Waals surface area contributed by atoms with Gasteiger partial charge in [0.1, 0.15) is 0 Å². The van der Waals surface area contributed by atoms with E-state index in [1.807, 2.05) is 19.1 Å². The SMILES string of the molecule is Cc1ccccc1NS(=O)(=O)c1cccc(C(=O)NC2CCCC2)c1. The summed E-state index contributed by atoms with van der Waals surface area (Å²) in [6.07, 6.45) is 4.22. The first-order chi connectivity index (χ1) is 12.0. The third-order valence-corrected chi connectivity index (χ3v) is 5.85. The van der Waals surface area contributed by atoms with Gasteiger partial charge in [-0.1, -0.05) is 37.1 Å². The lowest BCUT2D eigenvalue weighted by Gasteiger charge is -2.13. The van der Waals surface area contributed by atoms with Crippen LogP contribution in [0.4, 0.5) is 5.69 Å². The maximum Gasteiger partial charge on any atom is 0.261 e. The minimum Gasteiger partial charge on any atom is -0.349 e. The zero-order chi connectivity index (χ0) is 17.9. The van der Waals surface area contributed by atoms with E-state index in [1.54, 1.807) is 24.3 Å². The molecule has 2 N–H and O–H groups in total. The molecule has 6 heteroatoms. The normalized spacial score (nSPS) is 15.1. The number of benzene rings is 2. The fourth-order valence-corrected chi connectivity index (χ4v) is 4.21. The van der Waals surface area contributed by atoms with Crippen LogP contribution in [0.2, 0.25) is 0 Å². The molecular formula is C19H22N2O3S. The van der Waals surface area contributed by atoms with Crippen LogP contribution in [0.1, 0.15) is 41.6 Å². The molecule has 132 valence electrons. The van der Waals surface area contributed by atoms with Crippen LogP contribution in [-0.2, 0) is 10.0 Å². The van der Waals surface area contributed by atoms with Gasteiger partial charge in [-0.25, -0.2) is 8.42 Å². The maximum absolute atomic E-state index is 12.6. The van der Waals surface area contributed by atoms with Gasteiger partial charge in [0, 0.05) is 11.6 Å². The maximum atomic E-state index is 12.6. The third-order valence-electron chi connectivity index (χ3n) is 4.49. The van der Waals surface area contributed by atoms with Gasteiger partial charge in [-0.15, -0.1) is 0 Å². The first-order valence-corrected chi connectivity index (χ1v) is 9.93. The molecule has 0 unspecified atom stereocenters. The van der Waals surface area contributed by atoms with Gasteiger partial charge in [-0.05, 0) is 49.6 Å². The third kappa shape index (κ3) is 4.20. The Morgan fingerprint density at radius 1 is 1.04 bits per heavy atom. The van der Waals surface area contributed by atoms with E-state index in [0.29, 0.717) is 11.3 Å². The van der Waals surface area contributed by atoms with Crippen LogP contribution in [0.5, 0.6) is 0 Å². The van der Waals surface area contributed by atoms with E-state index in [4.69, 9.17) is 0 Å². The Labute approximate surface area is 148 Å². The van der Waals surface area contributed by atoms with Gasteiger partial charge in [0.05, 0.1) is 10.6 Å². The quantitative estimate of drug-likeness (QED) is 0.859. The van der Waals surface area contributed by atoms with Gasteiger partial charge in [0.2, 0.25) is 0 Å². The summed E-state index contributed by atoms with van der Waals surface area (Å²) in [7, 11) is -3.75. The number of hydrogen-bond donors (Lipinski definition) is 2. The molecule has 0 atom stereocenters. The molecule has 1 aliphatic carbocycles. The monoisotopic (exact) mass is 358 g/mol. The fraction of sp³-hybridized carbons (Fsp3) is 0.316. The summed E-state index contributed by atoms with van der Waals surface area (Å²) in [6.45, 7) is 1.84. The summed E-state index contributed by atoms with van der Waals surface area (Å²) in [4.78, 5) is 12.4. The number of sulfonamides is 1. The molecule has 5 nitrogen and oxygen atoms in total. The molecule has 1 amide bonds. The second-order valence-electron chi connectivity index (χ2n) is 6.40. The zero-order valence-corrected chi connectivity index (χ0v) is 15.0. The van der Waals surface area contributed by atoms with Crippen molar-refractivity contribution in [2.24, 2.45) is 0 Å². The highest BCUT2D eigenvalue weighted by Crippen LogP contribution is 2.21. The summed E-state index contributed by atoms with van der Waals surface area (Å²) >= 11 is 0. The van der Waals surface area contributed by atoms with Crippen molar-refractivity contribution in [1.29, 1.82) is 0 Å². The topological polar surface area (TPSA) is 75.3 Å². The minimum atomic E-state index is -3.75. The molecular weight excluding hydrogens is 336 g/mol. The van der Waals surface area contributed by atoms with Crippen molar-refractivity contribution in [2.45, 2.75) is 43.5 Å². The van der Waals surface area contributed by atoms with Gasteiger partial charge in [0.25, 0.3) is 15.9 Å². The average molecular weight is 358 g/mol. The van der Waals surface area contributed by atoms with Crippen LogP contribution in [0.25, 0.3) is 0 Å². The summed E-state index contributed by atoms with van der Waals surface area (Å²) in [5.74, 6) is -0.222. The summed E-state index contributed by atoms with van der Waals surface area (Å²) < 4.78 is 27.8. The Bertz CT molecular complexity index is 872. The Kier molecular flexibility index (Phi) is 5.08. The molecule has 1 aliphatic rings. The minimum absolute atomic E-state index is 0.0785. The molecule has 1 fully saturated rings. The van der Waals surface area contributed by atoms with Crippen molar-refractivity contribution in [1.82, 2.24) is 5.32 Å². The van der Waals surface area contributed by atoms with Crippen LogP contribution in [-0.4, -0.2) is 20.4 Å². The molecule has 2 aromatic carbocycles. The van der Waals surface area contributed by atoms with E-state index in [2.05, 4.69) is 10.0 Å². The molecule has 0 spiro atoms. The Hall–Kier alpha value is -2.34. The van der Waals surface area contributed by atoms with Crippen molar-refractivity contribution in [3.63, 3.8) is 0 Å². The highest BCUT2D eigenvalue weighted by atomic mass is 32.2. The number of anilines is 1. The van der Waals surface area contributed by atoms with Crippen LogP contribution in [0.15, 0.2) is 53.4 Å². The molecule has 0 aromatic heterocycles. The Morgan fingerprint density at radius 2 is 1.76 bits per heavy atom. The van der Waals surface area contributed by atoms with Crippen molar-refractivity contribution in [3.05, 3.63) is 59.7 Å². The van der Waals surface area contributed by atoms with Gasteiger partial charge < -0.3 is 5.32 Å². The van der Waals surface area contributed by atoms with Gasteiger partial charge in [-0.2, -0.15) is 0 Å². The van der Waals surface area contributed by atoms with E-state index in [-0.39, 0.29) is 16.8 Å². The number of amides is 1. The van der Waals surface area contributed by atoms with Crippen molar-refractivity contribution in [2.75, 3.05) is 4.72 Å². The van der Waals surface area contributed by atoms with E-state index in [9.17, 15) is 13.2 Å². The van der Waals surface area contributed by atoms with Crippen LogP contribution in [0.3, 0.4) is 0 Å². The van der Waals surface area contributed by atoms with Gasteiger partial charge in [-0.3, -0.25) is 9.52 Å². The number of para-hydroxylation sites is 1. The second kappa shape index (κ2) is 7.27. The number of hydrogen-bond acceptors (Lipinski definition) is 3. The largest absolute Gasteiger partial charge is 0.349 e. The van der Waals surface area contributed by atoms with E-state index in [0.717, 1.165) is 31.2 Å². The van der Waals surface area contributed by atoms with Crippen LogP contribution >= 0.6 is 0 Å². The van der Waals surface area contributed by atoms with Gasteiger partial charge in [0.15, 0.2) is 0 Å². The fourth-order valence-electron chi connectivity index (χ4n) is 3.03. The molecule has 0 heterocycles. The lowest BCUT2D eigenvalue weighted by atomic mass is 10.2. The number of carbonyl (C=O) groups excluding carboxylic acids is 1. The lowest BCUT2D eigenvalue weighted by Crippen LogP contribution is -2.32. The van der Waals surface area contributed by atoms with Crippen molar-refractivity contribution >= 4 is 21.6 Å². The molecule has 0 radical (unpaired) electrons.